The molecule has 2 fully saturated rings. The van der Waals surface area contributed by atoms with Crippen LogP contribution in [-0.2, 0) is 17.3 Å². The Bertz CT molecular complexity index is 2610. The number of fused-ring (bicyclic) bond motifs is 9. The van der Waals surface area contributed by atoms with E-state index >= 15 is 0 Å². The van der Waals surface area contributed by atoms with Gasteiger partial charge >= 0.3 is 0 Å². The van der Waals surface area contributed by atoms with Gasteiger partial charge in [-0.1, -0.05) is 100 Å². The number of nitrogens with zero attached hydrogens (tertiary/aromatic N) is 4. The second-order valence-corrected chi connectivity index (χ2v) is 19.0. The molecule has 0 aromatic heterocycles. The van der Waals surface area contributed by atoms with Gasteiger partial charge in [-0.2, -0.15) is 5.26 Å². The zero-order chi connectivity index (χ0) is 40.3. The third-order valence-electron chi connectivity index (χ3n) is 16.2. The van der Waals surface area contributed by atoms with E-state index < -0.39 is 0 Å². The summed E-state index contributed by atoms with van der Waals surface area (Å²) in [6.45, 7) is 17.4. The first-order chi connectivity index (χ1) is 28.6. The molecule has 0 radical (unpaired) electrons. The van der Waals surface area contributed by atoms with Crippen molar-refractivity contribution < 1.29 is 0 Å². The molecule has 4 heteroatoms. The van der Waals surface area contributed by atoms with Crippen molar-refractivity contribution in [2.24, 2.45) is 0 Å². The molecule has 0 amide bonds. The molecule has 11 rings (SSSR count). The largest absolute Gasteiger partial charge is 0.335 e. The van der Waals surface area contributed by atoms with Crippen molar-refractivity contribution in [1.29, 1.82) is 5.26 Å². The normalized spacial score (nSPS) is 25.9. The minimum absolute atomic E-state index is 0.0277. The van der Waals surface area contributed by atoms with Crippen molar-refractivity contribution in [2.75, 3.05) is 9.80 Å². The van der Waals surface area contributed by atoms with E-state index in [1.165, 1.54) is 117 Å². The van der Waals surface area contributed by atoms with Gasteiger partial charge in [0.25, 0.3) is 0 Å². The van der Waals surface area contributed by atoms with E-state index in [4.69, 9.17) is 6.57 Å². The molecule has 290 valence electrons. The van der Waals surface area contributed by atoms with Crippen LogP contribution in [0.3, 0.4) is 0 Å². The molecule has 4 unspecified atom stereocenters. The first-order valence-electron chi connectivity index (χ1n) is 21.7. The minimum Gasteiger partial charge on any atom is -0.335 e. The quantitative estimate of drug-likeness (QED) is 0.167. The maximum absolute atomic E-state index is 9.49. The SMILES string of the molecule is [C-]#[N+]c1ccc(N2c3ccc(-c4ccc5c(c4)Cc4cc(-c6ccc7c(c6)C6(C)CCCCC6(C)N7c6ccc(C#N)cc6)ccc4-5)cc3C3(C)CCCCC23C)cc1. The Morgan fingerprint density at radius 1 is 0.525 bits per heavy atom. The summed E-state index contributed by atoms with van der Waals surface area (Å²) in [5.41, 5.74) is 20.0. The van der Waals surface area contributed by atoms with Crippen LogP contribution in [-0.4, -0.2) is 11.1 Å². The molecule has 3 aliphatic carbocycles. The highest BCUT2D eigenvalue weighted by Gasteiger charge is 2.59. The summed E-state index contributed by atoms with van der Waals surface area (Å²) in [7, 11) is 0. The van der Waals surface area contributed by atoms with E-state index in [9.17, 15) is 5.26 Å². The summed E-state index contributed by atoms with van der Waals surface area (Å²) < 4.78 is 0. The number of rotatable bonds is 4. The Hall–Kier alpha value is -6.10. The van der Waals surface area contributed by atoms with E-state index in [0.717, 1.165) is 19.3 Å². The highest BCUT2D eigenvalue weighted by Crippen LogP contribution is 2.63. The molecular formula is C55H50N4. The first kappa shape index (κ1) is 36.0. The van der Waals surface area contributed by atoms with Crippen LogP contribution in [0.1, 0.15) is 107 Å². The van der Waals surface area contributed by atoms with E-state index in [-0.39, 0.29) is 21.9 Å². The topological polar surface area (TPSA) is 34.6 Å². The molecule has 59 heavy (non-hydrogen) atoms. The molecule has 2 saturated carbocycles. The smallest absolute Gasteiger partial charge is 0.187 e. The predicted octanol–water partition coefficient (Wildman–Crippen LogP) is 14.5. The van der Waals surface area contributed by atoms with Gasteiger partial charge in [0.2, 0.25) is 0 Å². The second kappa shape index (κ2) is 12.7. The monoisotopic (exact) mass is 766 g/mol. The van der Waals surface area contributed by atoms with Crippen LogP contribution in [0.25, 0.3) is 38.2 Å². The average Bonchev–Trinajstić information content (AvgIpc) is 3.81. The molecule has 6 aromatic carbocycles. The van der Waals surface area contributed by atoms with Crippen LogP contribution in [0.2, 0.25) is 0 Å². The molecule has 2 heterocycles. The zero-order valence-electron chi connectivity index (χ0n) is 34.7. The van der Waals surface area contributed by atoms with E-state index in [0.29, 0.717) is 11.3 Å². The molecule has 2 aliphatic heterocycles. The van der Waals surface area contributed by atoms with Gasteiger partial charge in [0.15, 0.2) is 5.69 Å². The summed E-state index contributed by atoms with van der Waals surface area (Å²) in [6, 6.07) is 47.4. The fourth-order valence-electron chi connectivity index (χ4n) is 12.6. The van der Waals surface area contributed by atoms with Crippen molar-refractivity contribution in [3.8, 4) is 39.4 Å². The molecule has 4 atom stereocenters. The average molecular weight is 767 g/mol. The highest BCUT2D eigenvalue weighted by molar-refractivity contribution is 5.86. The molecule has 0 saturated heterocycles. The summed E-state index contributed by atoms with van der Waals surface area (Å²) in [6.07, 6.45) is 10.6. The van der Waals surface area contributed by atoms with Crippen LogP contribution in [0.5, 0.6) is 0 Å². The van der Waals surface area contributed by atoms with Crippen molar-refractivity contribution in [2.45, 2.75) is 107 Å². The van der Waals surface area contributed by atoms with Crippen molar-refractivity contribution in [3.05, 3.63) is 161 Å². The molecule has 5 aliphatic rings. The molecule has 0 spiro atoms. The second-order valence-electron chi connectivity index (χ2n) is 19.0. The number of hydrogen-bond acceptors (Lipinski definition) is 3. The van der Waals surface area contributed by atoms with Gasteiger partial charge in [-0.25, -0.2) is 4.85 Å². The maximum Gasteiger partial charge on any atom is 0.187 e. The fraction of sp³-hybridized carbons (Fsp3) is 0.309. The fourth-order valence-corrected chi connectivity index (χ4v) is 12.6. The maximum atomic E-state index is 9.49. The Morgan fingerprint density at radius 2 is 0.949 bits per heavy atom. The van der Waals surface area contributed by atoms with Crippen molar-refractivity contribution in [3.63, 3.8) is 0 Å². The molecular weight excluding hydrogens is 717 g/mol. The summed E-state index contributed by atoms with van der Waals surface area (Å²) in [4.78, 5) is 8.84. The van der Waals surface area contributed by atoms with E-state index in [2.05, 4.69) is 145 Å². The zero-order valence-corrected chi connectivity index (χ0v) is 34.7. The lowest BCUT2D eigenvalue weighted by Crippen LogP contribution is -2.54. The molecule has 0 bridgehead atoms. The standard InChI is InChI=1S/C55H50N4/c1-52-26-6-8-28-54(52,3)58(44-18-10-36(35-56)11-19-44)50-24-14-39(33-48(50)52)37-12-22-46-41(30-37)32-42-31-38(13-23-47(42)46)40-15-25-51-49(34-40)53(2)27-7-9-29-55(53,4)59(51)45-20-16-43(57-5)17-21-45/h10-25,30-31,33-34H,6-9,26-29,32H2,1-4H3. The third kappa shape index (κ3) is 4.93. The van der Waals surface area contributed by atoms with Gasteiger partial charge < -0.3 is 9.80 Å². The number of anilines is 4. The first-order valence-corrected chi connectivity index (χ1v) is 21.7. The summed E-state index contributed by atoms with van der Waals surface area (Å²) in [5, 5.41) is 9.49. The Balaban J connectivity index is 0.917. The molecule has 0 N–H and O–H groups in total. The lowest BCUT2D eigenvalue weighted by Gasteiger charge is -2.50. The van der Waals surface area contributed by atoms with E-state index in [1.807, 2.05) is 24.3 Å². The molecule has 4 nitrogen and oxygen atoms in total. The molecule has 6 aromatic rings. The summed E-state index contributed by atoms with van der Waals surface area (Å²) in [5.74, 6) is 0. The van der Waals surface area contributed by atoms with E-state index in [1.54, 1.807) is 0 Å². The van der Waals surface area contributed by atoms with Gasteiger partial charge in [0.1, 0.15) is 0 Å². The van der Waals surface area contributed by atoms with Crippen molar-refractivity contribution in [1.82, 2.24) is 0 Å². The third-order valence-corrected chi connectivity index (χ3v) is 16.2. The highest BCUT2D eigenvalue weighted by atomic mass is 15.3. The van der Waals surface area contributed by atoms with Crippen LogP contribution < -0.4 is 9.80 Å². The van der Waals surface area contributed by atoms with Crippen LogP contribution in [0, 0.1) is 17.9 Å². The van der Waals surface area contributed by atoms with Crippen LogP contribution in [0.15, 0.2) is 121 Å². The van der Waals surface area contributed by atoms with Crippen LogP contribution in [0.4, 0.5) is 28.4 Å². The Labute approximate surface area is 349 Å². The van der Waals surface area contributed by atoms with Gasteiger partial charge in [-0.15, -0.1) is 0 Å². The van der Waals surface area contributed by atoms with Gasteiger partial charge in [-0.3, -0.25) is 0 Å². The lowest BCUT2D eigenvalue weighted by molar-refractivity contribution is 0.195. The Kier molecular flexibility index (Phi) is 7.75. The van der Waals surface area contributed by atoms with Gasteiger partial charge in [-0.05, 0) is 162 Å². The number of nitriles is 1. The van der Waals surface area contributed by atoms with Gasteiger partial charge in [0, 0.05) is 33.6 Å². The number of hydrogen-bond donors (Lipinski definition) is 0. The lowest BCUT2D eigenvalue weighted by atomic mass is 9.61. The minimum atomic E-state index is -0.0322. The van der Waals surface area contributed by atoms with Crippen LogP contribution >= 0.6 is 0 Å². The summed E-state index contributed by atoms with van der Waals surface area (Å²) >= 11 is 0. The predicted molar refractivity (Wildman–Crippen MR) is 242 cm³/mol. The van der Waals surface area contributed by atoms with Crippen molar-refractivity contribution >= 4 is 28.4 Å². The van der Waals surface area contributed by atoms with Gasteiger partial charge in [0.05, 0.1) is 29.3 Å². The Morgan fingerprint density at radius 3 is 1.41 bits per heavy atom. The number of benzene rings is 6.